The molecule has 3 aromatic rings. The second-order valence-electron chi connectivity index (χ2n) is 16.4. The number of nitrogens with zero attached hydrogens (tertiary/aromatic N) is 1. The molecule has 0 saturated heterocycles. The van der Waals surface area contributed by atoms with Gasteiger partial charge in [-0.2, -0.15) is 0 Å². The lowest BCUT2D eigenvalue weighted by atomic mass is 9.76. The third-order valence-electron chi connectivity index (χ3n) is 11.3. The zero-order valence-electron chi connectivity index (χ0n) is 33.8. The summed E-state index contributed by atoms with van der Waals surface area (Å²) in [6.07, 6.45) is 14.2. The fraction of sp³-hybridized carbons (Fsp3) is 0.532. The molecule has 1 heterocycles. The molecule has 3 unspecified atom stereocenters. The average Bonchev–Trinajstić information content (AvgIpc) is 3.44. The Morgan fingerprint density at radius 2 is 1.41 bits per heavy atom. The highest BCUT2D eigenvalue weighted by Gasteiger charge is 2.32. The first-order chi connectivity index (χ1) is 26.1. The Hall–Kier alpha value is -3.97. The van der Waals surface area contributed by atoms with Gasteiger partial charge in [-0.1, -0.05) is 123 Å². The predicted octanol–water partition coefficient (Wildman–Crippen LogP) is 10.8. The lowest BCUT2D eigenvalue weighted by Gasteiger charge is -2.35. The molecule has 3 aromatic carbocycles. The number of halogens is 1. The van der Waals surface area contributed by atoms with E-state index in [1.165, 1.54) is 38.5 Å². The number of hydrogen-bond acceptors (Lipinski definition) is 5. The van der Waals surface area contributed by atoms with Crippen LogP contribution in [-0.4, -0.2) is 36.3 Å². The molecule has 54 heavy (non-hydrogen) atoms. The molecule has 0 saturated carbocycles. The monoisotopic (exact) mass is 737 g/mol. The molecule has 5 rings (SSSR count). The van der Waals surface area contributed by atoms with Gasteiger partial charge in [0.05, 0.1) is 12.2 Å². The summed E-state index contributed by atoms with van der Waals surface area (Å²) >= 11 is 0. The molecular weight excluding hydrogens is 672 g/mol. The average molecular weight is 737 g/mol. The van der Waals surface area contributed by atoms with Gasteiger partial charge in [-0.05, 0) is 84.4 Å². The normalized spacial score (nSPS) is 16.4. The topological polar surface area (TPSA) is 81.4 Å². The van der Waals surface area contributed by atoms with Crippen molar-refractivity contribution >= 4 is 23.5 Å². The number of alkyl halides is 1. The van der Waals surface area contributed by atoms with E-state index in [4.69, 9.17) is 20.3 Å². The zero-order valence-corrected chi connectivity index (χ0v) is 33.8. The number of amidine groups is 2. The SMILES string of the molecule is CCCCCCN(CCCCCC)C(Oc1ccccc1C(CC)CCCF)c1ccccc1OC1=c2cc3c(cc2=CC(C(C)(C)C)C1)C(=N)NC3=N. The number of nitrogens with one attached hydrogen (secondary N) is 3. The van der Waals surface area contributed by atoms with Crippen LogP contribution >= 0.6 is 0 Å². The lowest BCUT2D eigenvalue weighted by Crippen LogP contribution is -2.38. The Balaban J connectivity index is 1.63. The summed E-state index contributed by atoms with van der Waals surface area (Å²) in [7, 11) is 0. The van der Waals surface area contributed by atoms with Crippen molar-refractivity contribution in [2.45, 2.75) is 131 Å². The fourth-order valence-corrected chi connectivity index (χ4v) is 7.93. The van der Waals surface area contributed by atoms with Gasteiger partial charge < -0.3 is 14.8 Å². The number of hydrogen-bond donors (Lipinski definition) is 3. The highest BCUT2D eigenvalue weighted by Crippen LogP contribution is 2.40. The summed E-state index contributed by atoms with van der Waals surface area (Å²) in [6, 6.07) is 20.8. The van der Waals surface area contributed by atoms with Gasteiger partial charge in [-0.3, -0.25) is 20.1 Å². The second-order valence-corrected chi connectivity index (χ2v) is 16.4. The van der Waals surface area contributed by atoms with Gasteiger partial charge in [-0.25, -0.2) is 0 Å². The van der Waals surface area contributed by atoms with Gasteiger partial charge in [-0.15, -0.1) is 0 Å². The lowest BCUT2D eigenvalue weighted by molar-refractivity contribution is 0.0182. The summed E-state index contributed by atoms with van der Waals surface area (Å²) in [5.41, 5.74) is 3.61. The molecule has 0 bridgehead atoms. The molecule has 0 aromatic heterocycles. The molecule has 0 amide bonds. The quantitative estimate of drug-likeness (QED) is 0.0751. The Morgan fingerprint density at radius 3 is 2.02 bits per heavy atom. The molecule has 0 radical (unpaired) electrons. The van der Waals surface area contributed by atoms with Crippen LogP contribution < -0.4 is 25.2 Å². The van der Waals surface area contributed by atoms with Crippen molar-refractivity contribution in [2.24, 2.45) is 11.3 Å². The van der Waals surface area contributed by atoms with Crippen molar-refractivity contribution in [1.82, 2.24) is 10.2 Å². The van der Waals surface area contributed by atoms with Crippen molar-refractivity contribution < 1.29 is 13.9 Å². The summed E-state index contributed by atoms with van der Waals surface area (Å²) < 4.78 is 27.9. The van der Waals surface area contributed by atoms with Crippen LogP contribution in [0.5, 0.6) is 11.5 Å². The maximum absolute atomic E-state index is 13.4. The number of para-hydroxylation sites is 2. The molecule has 2 aliphatic rings. The first kappa shape index (κ1) is 41.2. The Labute approximate surface area is 324 Å². The van der Waals surface area contributed by atoms with Crippen LogP contribution in [0.3, 0.4) is 0 Å². The van der Waals surface area contributed by atoms with Gasteiger partial charge in [0.1, 0.15) is 28.9 Å². The molecule has 6 nitrogen and oxygen atoms in total. The first-order valence-corrected chi connectivity index (χ1v) is 20.8. The molecule has 1 aliphatic carbocycles. The second kappa shape index (κ2) is 19.6. The minimum atomic E-state index is -0.393. The van der Waals surface area contributed by atoms with E-state index in [0.29, 0.717) is 6.42 Å². The maximum Gasteiger partial charge on any atom is 0.182 e. The largest absolute Gasteiger partial charge is 0.470 e. The molecule has 0 fully saturated rings. The number of unbranched alkanes of at least 4 members (excludes halogenated alkanes) is 6. The molecule has 3 N–H and O–H groups in total. The first-order valence-electron chi connectivity index (χ1n) is 20.8. The van der Waals surface area contributed by atoms with E-state index in [-0.39, 0.29) is 35.6 Å². The van der Waals surface area contributed by atoms with Crippen molar-refractivity contribution in [3.63, 3.8) is 0 Å². The predicted molar refractivity (Wildman–Crippen MR) is 223 cm³/mol. The van der Waals surface area contributed by atoms with E-state index in [1.54, 1.807) is 0 Å². The summed E-state index contributed by atoms with van der Waals surface area (Å²) in [6.45, 7) is 15.0. The molecule has 7 heteroatoms. The standard InChI is InChI=1S/C47H65FN4O2/c1-7-10-12-18-27-52(28-19-13-11-8-2)46(54-41-24-16-14-22-36(41)33(9-3)21-20-26-48)37-23-15-17-25-42(37)53-43-31-35(47(4,5)6)29-34-30-39-40(32-38(34)43)45(50)51-44(39)49/h14-17,22-25,29-30,32-33,35,46H,7-13,18-21,26-28,31H2,1-6H3,(H3,49,50,51). The fourth-order valence-electron chi connectivity index (χ4n) is 7.93. The van der Waals surface area contributed by atoms with Gasteiger partial charge in [0.2, 0.25) is 0 Å². The van der Waals surface area contributed by atoms with E-state index >= 15 is 0 Å². The van der Waals surface area contributed by atoms with Crippen molar-refractivity contribution in [3.05, 3.63) is 93.4 Å². The van der Waals surface area contributed by atoms with Gasteiger partial charge in [0, 0.05) is 35.9 Å². The van der Waals surface area contributed by atoms with Crippen LogP contribution in [0.4, 0.5) is 4.39 Å². The van der Waals surface area contributed by atoms with Crippen molar-refractivity contribution in [1.29, 1.82) is 10.8 Å². The summed E-state index contributed by atoms with van der Waals surface area (Å²) in [5.74, 6) is 3.46. The van der Waals surface area contributed by atoms with Crippen molar-refractivity contribution in [2.75, 3.05) is 19.8 Å². The van der Waals surface area contributed by atoms with Crippen LogP contribution in [0.25, 0.3) is 11.8 Å². The smallest absolute Gasteiger partial charge is 0.182 e. The summed E-state index contributed by atoms with van der Waals surface area (Å²) in [5, 5.41) is 22.0. The van der Waals surface area contributed by atoms with E-state index in [2.05, 4.69) is 106 Å². The molecule has 0 spiro atoms. The van der Waals surface area contributed by atoms with Gasteiger partial charge in [0.15, 0.2) is 6.23 Å². The molecule has 1 aliphatic heterocycles. The number of rotatable bonds is 21. The third-order valence-corrected chi connectivity index (χ3v) is 11.3. The molecule has 3 atom stereocenters. The van der Waals surface area contributed by atoms with E-state index < -0.39 is 6.23 Å². The Morgan fingerprint density at radius 1 is 0.796 bits per heavy atom. The van der Waals surface area contributed by atoms with Crippen molar-refractivity contribution in [3.8, 4) is 11.5 Å². The minimum Gasteiger partial charge on any atom is -0.470 e. The van der Waals surface area contributed by atoms with E-state index in [9.17, 15) is 4.39 Å². The number of benzene rings is 3. The van der Waals surface area contributed by atoms with Crippen LogP contribution in [0.2, 0.25) is 0 Å². The van der Waals surface area contributed by atoms with Gasteiger partial charge >= 0.3 is 0 Å². The maximum atomic E-state index is 13.4. The zero-order chi connectivity index (χ0) is 38.7. The van der Waals surface area contributed by atoms with Crippen LogP contribution in [0.1, 0.15) is 153 Å². The molecular formula is C47H65FN4O2. The van der Waals surface area contributed by atoms with E-state index in [1.807, 2.05) is 12.1 Å². The highest BCUT2D eigenvalue weighted by molar-refractivity contribution is 6.23. The molecule has 292 valence electrons. The van der Waals surface area contributed by atoms with Crippen LogP contribution in [0, 0.1) is 22.2 Å². The number of fused-ring (bicyclic) bond motifs is 2. The summed E-state index contributed by atoms with van der Waals surface area (Å²) in [4.78, 5) is 2.53. The van der Waals surface area contributed by atoms with Crippen LogP contribution in [-0.2, 0) is 0 Å². The Kier molecular flexibility index (Phi) is 14.9. The third kappa shape index (κ3) is 10.2. The minimum absolute atomic E-state index is 0.00952. The Bertz CT molecular complexity index is 1830. The van der Waals surface area contributed by atoms with E-state index in [0.717, 1.165) is 95.1 Å². The van der Waals surface area contributed by atoms with Gasteiger partial charge in [0.25, 0.3) is 0 Å². The van der Waals surface area contributed by atoms with Crippen LogP contribution in [0.15, 0.2) is 60.7 Å². The number of ether oxygens (including phenoxy) is 2. The highest BCUT2D eigenvalue weighted by atomic mass is 19.1.